The Balaban J connectivity index is 1.97. The molecule has 7 heteroatoms. The lowest BCUT2D eigenvalue weighted by Gasteiger charge is -2.25. The first-order valence-corrected chi connectivity index (χ1v) is 12.6. The van der Waals surface area contributed by atoms with Crippen molar-refractivity contribution in [1.82, 2.24) is 4.98 Å². The van der Waals surface area contributed by atoms with Crippen molar-refractivity contribution < 1.29 is 19.5 Å². The molecule has 2 aromatic carbocycles. The van der Waals surface area contributed by atoms with Crippen LogP contribution in [0, 0.1) is 20.8 Å². The summed E-state index contributed by atoms with van der Waals surface area (Å²) in [5.41, 5.74) is 4.41. The third-order valence-electron chi connectivity index (χ3n) is 6.50. The summed E-state index contributed by atoms with van der Waals surface area (Å²) in [4.78, 5) is 45.2. The molecule has 0 bridgehead atoms. The van der Waals surface area contributed by atoms with Gasteiger partial charge in [0, 0.05) is 12.5 Å². The topological polar surface area (TPSA) is 87.6 Å². The molecular weight excluding hydrogens is 472 g/mol. The van der Waals surface area contributed by atoms with Gasteiger partial charge in [0.1, 0.15) is 5.76 Å². The molecule has 1 aliphatic rings. The number of rotatable bonds is 4. The van der Waals surface area contributed by atoms with Gasteiger partial charge in [0.2, 0.25) is 0 Å². The Labute approximate surface area is 215 Å². The van der Waals surface area contributed by atoms with Gasteiger partial charge in [0.05, 0.1) is 22.2 Å². The number of aryl methyl sites for hydroxylation is 3. The van der Waals surface area contributed by atoms with Crippen molar-refractivity contribution in [3.05, 3.63) is 86.4 Å². The molecule has 0 radical (unpaired) electrons. The van der Waals surface area contributed by atoms with Crippen molar-refractivity contribution in [2.45, 2.75) is 59.9 Å². The van der Waals surface area contributed by atoms with Crippen LogP contribution in [0.2, 0.25) is 0 Å². The highest BCUT2D eigenvalue weighted by molar-refractivity contribution is 7.18. The fourth-order valence-electron chi connectivity index (χ4n) is 4.46. The van der Waals surface area contributed by atoms with E-state index in [1.807, 2.05) is 50.2 Å². The number of carbonyl (C=O) groups excluding carboxylic acids is 3. The van der Waals surface area contributed by atoms with Crippen LogP contribution in [0.3, 0.4) is 0 Å². The average Bonchev–Trinajstić information content (AvgIpc) is 3.31. The number of anilines is 1. The molecule has 0 spiro atoms. The van der Waals surface area contributed by atoms with Crippen molar-refractivity contribution in [1.29, 1.82) is 0 Å². The second-order valence-corrected chi connectivity index (χ2v) is 11.3. The number of aliphatic hydroxyl groups excluding tert-OH is 1. The van der Waals surface area contributed by atoms with Crippen LogP contribution in [0.4, 0.5) is 5.13 Å². The molecule has 3 aromatic rings. The third kappa shape index (κ3) is 4.39. The van der Waals surface area contributed by atoms with Crippen molar-refractivity contribution in [3.8, 4) is 0 Å². The Morgan fingerprint density at radius 2 is 1.67 bits per heavy atom. The van der Waals surface area contributed by atoms with Crippen molar-refractivity contribution in [2.75, 3.05) is 4.90 Å². The molecule has 1 atom stereocenters. The van der Waals surface area contributed by atoms with Crippen LogP contribution in [0.25, 0.3) is 5.76 Å². The SMILES string of the molecule is CC(=O)c1sc(N2C(=O)C(=O)C(=C(O)c3cc(C)ccc3C)C2c2ccc(C(C)(C)C)cc2)nc1C. The third-order valence-corrected chi connectivity index (χ3v) is 7.75. The van der Waals surface area contributed by atoms with E-state index < -0.39 is 17.7 Å². The summed E-state index contributed by atoms with van der Waals surface area (Å²) in [6.07, 6.45) is 0. The largest absolute Gasteiger partial charge is 0.507 e. The van der Waals surface area contributed by atoms with Crippen LogP contribution in [0.1, 0.15) is 76.9 Å². The first-order chi connectivity index (χ1) is 16.8. The zero-order valence-corrected chi connectivity index (χ0v) is 22.4. The van der Waals surface area contributed by atoms with Gasteiger partial charge >= 0.3 is 5.91 Å². The standard InChI is InChI=1S/C29H30N2O4S/c1-15-8-9-16(2)21(14-15)24(33)22-23(19-10-12-20(13-11-19)29(5,6)7)31(27(35)25(22)34)28-30-17(3)26(36-28)18(4)32/h8-14,23,33H,1-7H3. The summed E-state index contributed by atoms with van der Waals surface area (Å²) in [6, 6.07) is 12.4. The predicted octanol–water partition coefficient (Wildman–Crippen LogP) is 6.19. The maximum Gasteiger partial charge on any atom is 0.301 e. The van der Waals surface area contributed by atoms with E-state index >= 15 is 0 Å². The summed E-state index contributed by atoms with van der Waals surface area (Å²) in [7, 11) is 0. The fourth-order valence-corrected chi connectivity index (χ4v) is 5.45. The number of nitrogens with zero attached hydrogens (tertiary/aromatic N) is 2. The Morgan fingerprint density at radius 1 is 1.03 bits per heavy atom. The van der Waals surface area contributed by atoms with Gasteiger partial charge in [0.25, 0.3) is 5.78 Å². The van der Waals surface area contributed by atoms with E-state index in [4.69, 9.17) is 0 Å². The molecule has 4 rings (SSSR count). The summed E-state index contributed by atoms with van der Waals surface area (Å²) in [5, 5.41) is 11.7. The number of ketones is 2. The second-order valence-electron chi connectivity index (χ2n) is 10.3. The van der Waals surface area contributed by atoms with Gasteiger partial charge in [-0.15, -0.1) is 0 Å². The summed E-state index contributed by atoms with van der Waals surface area (Å²) < 4.78 is 0. The number of benzene rings is 2. The number of Topliss-reactive ketones (excluding diaryl/α,β-unsaturated/α-hetero) is 2. The molecule has 1 fully saturated rings. The quantitative estimate of drug-likeness (QED) is 0.199. The van der Waals surface area contributed by atoms with E-state index in [0.717, 1.165) is 28.0 Å². The van der Waals surface area contributed by atoms with Crippen LogP contribution in [-0.2, 0) is 15.0 Å². The van der Waals surface area contributed by atoms with E-state index in [1.54, 1.807) is 13.0 Å². The molecule has 0 aliphatic carbocycles. The summed E-state index contributed by atoms with van der Waals surface area (Å²) in [5.74, 6) is -1.94. The van der Waals surface area contributed by atoms with E-state index in [1.165, 1.54) is 11.8 Å². The Morgan fingerprint density at radius 3 is 2.22 bits per heavy atom. The second kappa shape index (κ2) is 9.13. The molecule has 1 unspecified atom stereocenters. The van der Waals surface area contributed by atoms with E-state index in [2.05, 4.69) is 25.8 Å². The highest BCUT2D eigenvalue weighted by Crippen LogP contribution is 2.44. The average molecular weight is 503 g/mol. The van der Waals surface area contributed by atoms with Crippen LogP contribution in [0.15, 0.2) is 48.0 Å². The molecule has 1 amide bonds. The van der Waals surface area contributed by atoms with Crippen LogP contribution in [-0.4, -0.2) is 27.6 Å². The van der Waals surface area contributed by atoms with Gasteiger partial charge < -0.3 is 5.11 Å². The Hall–Kier alpha value is -3.58. The van der Waals surface area contributed by atoms with E-state index in [-0.39, 0.29) is 27.7 Å². The zero-order valence-electron chi connectivity index (χ0n) is 21.6. The van der Waals surface area contributed by atoms with Gasteiger partial charge in [0.15, 0.2) is 10.9 Å². The number of amides is 1. The lowest BCUT2D eigenvalue weighted by Crippen LogP contribution is -2.29. The minimum absolute atomic E-state index is 0.00874. The number of thiazole rings is 1. The van der Waals surface area contributed by atoms with Crippen molar-refractivity contribution >= 4 is 39.7 Å². The Bertz CT molecular complexity index is 1420. The van der Waals surface area contributed by atoms with Crippen LogP contribution >= 0.6 is 11.3 Å². The van der Waals surface area contributed by atoms with Crippen LogP contribution < -0.4 is 4.90 Å². The molecule has 1 N–H and O–H groups in total. The monoisotopic (exact) mass is 502 g/mol. The minimum Gasteiger partial charge on any atom is -0.507 e. The van der Waals surface area contributed by atoms with E-state index in [0.29, 0.717) is 21.7 Å². The first kappa shape index (κ1) is 25.5. The molecule has 0 saturated carbocycles. The molecule has 1 aliphatic heterocycles. The number of aromatic nitrogens is 1. The predicted molar refractivity (Wildman–Crippen MR) is 143 cm³/mol. The molecule has 2 heterocycles. The van der Waals surface area contributed by atoms with Gasteiger partial charge in [-0.05, 0) is 48.9 Å². The van der Waals surface area contributed by atoms with Crippen LogP contribution in [0.5, 0.6) is 0 Å². The molecule has 186 valence electrons. The molecular formula is C29H30N2O4S. The lowest BCUT2D eigenvalue weighted by molar-refractivity contribution is -0.132. The number of hydrogen-bond acceptors (Lipinski definition) is 6. The zero-order chi connectivity index (χ0) is 26.5. The van der Waals surface area contributed by atoms with Crippen molar-refractivity contribution in [2.24, 2.45) is 0 Å². The van der Waals surface area contributed by atoms with Gasteiger partial charge in [-0.1, -0.05) is 74.1 Å². The number of aliphatic hydroxyl groups is 1. The van der Waals surface area contributed by atoms with Gasteiger partial charge in [-0.3, -0.25) is 19.3 Å². The van der Waals surface area contributed by atoms with Gasteiger partial charge in [-0.25, -0.2) is 4.98 Å². The van der Waals surface area contributed by atoms with Gasteiger partial charge in [-0.2, -0.15) is 0 Å². The summed E-state index contributed by atoms with van der Waals surface area (Å²) >= 11 is 1.08. The number of hydrogen-bond donors (Lipinski definition) is 1. The molecule has 6 nitrogen and oxygen atoms in total. The molecule has 36 heavy (non-hydrogen) atoms. The first-order valence-electron chi connectivity index (χ1n) is 11.8. The lowest BCUT2D eigenvalue weighted by atomic mass is 9.85. The molecule has 1 aromatic heterocycles. The minimum atomic E-state index is -0.885. The normalized spacial score (nSPS) is 17.6. The maximum atomic E-state index is 13.4. The smallest absolute Gasteiger partial charge is 0.301 e. The maximum absolute atomic E-state index is 13.4. The fraction of sp³-hybridized carbons (Fsp3) is 0.310. The Kier molecular flexibility index (Phi) is 6.47. The highest BCUT2D eigenvalue weighted by atomic mass is 32.1. The highest BCUT2D eigenvalue weighted by Gasteiger charge is 2.48. The van der Waals surface area contributed by atoms with E-state index in [9.17, 15) is 19.5 Å². The summed E-state index contributed by atoms with van der Waals surface area (Å²) in [6.45, 7) is 13.2. The molecule has 1 saturated heterocycles. The van der Waals surface area contributed by atoms with Crippen molar-refractivity contribution in [3.63, 3.8) is 0 Å². The number of carbonyl (C=O) groups is 3.